The van der Waals surface area contributed by atoms with Gasteiger partial charge in [-0.3, -0.25) is 0 Å². The maximum Gasteiger partial charge on any atom is -0.00964 e. The van der Waals surface area contributed by atoms with Crippen LogP contribution in [0, 0.1) is 51.8 Å². The van der Waals surface area contributed by atoms with E-state index in [-0.39, 0.29) is 0 Å². The Morgan fingerprint density at radius 3 is 2.06 bits per heavy atom. The molecule has 0 spiro atoms. The molecule has 0 aliphatic heterocycles. The summed E-state index contributed by atoms with van der Waals surface area (Å²) in [4.78, 5) is 0. The lowest BCUT2D eigenvalue weighted by Gasteiger charge is -2.73. The number of hydrogen-bond acceptors (Lipinski definition) is 0. The highest BCUT2D eigenvalue weighted by Gasteiger charge is 2.69. The molecule has 5 aliphatic carbocycles. The van der Waals surface area contributed by atoms with Gasteiger partial charge in [-0.15, -0.1) is 0 Å². The lowest BCUT2D eigenvalue weighted by molar-refractivity contribution is -0.235. The Morgan fingerprint density at radius 1 is 0.688 bits per heavy atom. The molecule has 0 heteroatoms. The van der Waals surface area contributed by atoms with E-state index in [9.17, 15) is 0 Å². The summed E-state index contributed by atoms with van der Waals surface area (Å²) in [5.74, 6) is 3.56. The van der Waals surface area contributed by atoms with E-state index in [1.54, 1.807) is 16.7 Å². The van der Waals surface area contributed by atoms with Crippen LogP contribution < -0.4 is 0 Å². The first-order valence-electron chi connectivity index (χ1n) is 14.1. The zero-order chi connectivity index (χ0) is 22.7. The topological polar surface area (TPSA) is 0 Å². The normalized spacial score (nSPS) is 51.1. The van der Waals surface area contributed by atoms with E-state index in [1.807, 2.05) is 0 Å². The average Bonchev–Trinajstić information content (AvgIpc) is 3.01. The van der Waals surface area contributed by atoms with Crippen molar-refractivity contribution in [2.45, 2.75) is 119 Å². The van der Waals surface area contributed by atoms with Gasteiger partial charge in [0.05, 0.1) is 0 Å². The molecule has 0 heterocycles. The van der Waals surface area contributed by atoms with Crippen LogP contribution in [0.2, 0.25) is 0 Å². The number of fused-ring (bicyclic) bond motifs is 9. The first kappa shape index (κ1) is 21.7. The minimum atomic E-state index is 0.471. The molecular weight excluding hydrogens is 384 g/mol. The monoisotopic (exact) mass is 432 g/mol. The molecule has 0 aromatic heterocycles. The molecular formula is C32H48. The second-order valence-electron chi connectivity index (χ2n) is 14.9. The van der Waals surface area contributed by atoms with Gasteiger partial charge in [0.15, 0.2) is 0 Å². The minimum absolute atomic E-state index is 0.471. The third-order valence-corrected chi connectivity index (χ3v) is 13.5. The van der Waals surface area contributed by atoms with Crippen LogP contribution >= 0.6 is 0 Å². The Bertz CT molecular complexity index is 939. The molecule has 0 saturated heterocycles. The van der Waals surface area contributed by atoms with Crippen molar-refractivity contribution in [3.05, 3.63) is 34.9 Å². The van der Waals surface area contributed by atoms with Crippen LogP contribution in [0.15, 0.2) is 18.2 Å². The van der Waals surface area contributed by atoms with E-state index >= 15 is 0 Å². The molecule has 4 saturated carbocycles. The molecule has 0 N–H and O–H groups in total. The Labute approximate surface area is 198 Å². The van der Waals surface area contributed by atoms with Gasteiger partial charge in [-0.25, -0.2) is 0 Å². The zero-order valence-corrected chi connectivity index (χ0v) is 22.1. The fraction of sp³-hybridized carbons (Fsp3) is 0.812. The van der Waals surface area contributed by atoms with Gasteiger partial charge in [0.2, 0.25) is 0 Å². The van der Waals surface area contributed by atoms with Gasteiger partial charge >= 0.3 is 0 Å². The van der Waals surface area contributed by atoms with Crippen LogP contribution in [0.4, 0.5) is 0 Å². The standard InChI is InChI=1S/C32H48/c1-21-10-8-11-22-20-30(5)23(27(21)22)14-18-31(6)26(30)13-12-25-29(4)17-9-16-28(2,3)24(29)15-19-32(25,31)7/h8,10-11,23-26H,9,12-20H2,1-7H3/t23-,24-,25+,26+,29-,30-,31+,32+/m0/s1. The molecule has 0 unspecified atom stereocenters. The summed E-state index contributed by atoms with van der Waals surface area (Å²) in [5.41, 5.74) is 7.62. The van der Waals surface area contributed by atoms with Crippen molar-refractivity contribution >= 4 is 0 Å². The van der Waals surface area contributed by atoms with Gasteiger partial charge in [0, 0.05) is 0 Å². The van der Waals surface area contributed by atoms with Gasteiger partial charge in [-0.05, 0) is 132 Å². The van der Waals surface area contributed by atoms with Crippen molar-refractivity contribution in [3.63, 3.8) is 0 Å². The fourth-order valence-electron chi connectivity index (χ4n) is 12.1. The molecule has 4 fully saturated rings. The summed E-state index contributed by atoms with van der Waals surface area (Å²) in [5, 5.41) is 0. The van der Waals surface area contributed by atoms with Crippen LogP contribution in [-0.4, -0.2) is 0 Å². The number of benzene rings is 1. The number of aryl methyl sites for hydroxylation is 1. The molecule has 32 heavy (non-hydrogen) atoms. The zero-order valence-electron chi connectivity index (χ0n) is 22.1. The Kier molecular flexibility index (Phi) is 4.38. The number of rotatable bonds is 0. The molecule has 8 atom stereocenters. The summed E-state index contributed by atoms with van der Waals surface area (Å²) in [7, 11) is 0. The number of hydrogen-bond donors (Lipinski definition) is 0. The summed E-state index contributed by atoms with van der Waals surface area (Å²) >= 11 is 0. The Hall–Kier alpha value is -0.780. The SMILES string of the molecule is Cc1cccc2c1[C@@H]1CC[C@]3(C)[C@H](CC[C@@H]4[C@@]5(C)CCCC(C)(C)[C@@H]5CC[C@]43C)[C@@]1(C)C2. The molecule has 0 amide bonds. The van der Waals surface area contributed by atoms with Gasteiger partial charge in [0.25, 0.3) is 0 Å². The maximum atomic E-state index is 2.80. The highest BCUT2D eigenvalue weighted by Crippen LogP contribution is 2.77. The van der Waals surface area contributed by atoms with E-state index in [2.05, 4.69) is 66.7 Å². The quantitative estimate of drug-likeness (QED) is 0.383. The molecule has 6 rings (SSSR count). The maximum absolute atomic E-state index is 2.80. The Morgan fingerprint density at radius 2 is 1.34 bits per heavy atom. The van der Waals surface area contributed by atoms with Crippen LogP contribution in [0.5, 0.6) is 0 Å². The van der Waals surface area contributed by atoms with Crippen molar-refractivity contribution in [2.75, 3.05) is 0 Å². The smallest absolute Gasteiger partial charge is 0.00964 e. The first-order chi connectivity index (χ1) is 15.0. The van der Waals surface area contributed by atoms with Crippen LogP contribution in [0.1, 0.15) is 122 Å². The minimum Gasteiger partial charge on any atom is -0.0617 e. The van der Waals surface area contributed by atoms with E-state index in [4.69, 9.17) is 0 Å². The summed E-state index contributed by atoms with van der Waals surface area (Å²) in [6, 6.07) is 7.16. The van der Waals surface area contributed by atoms with E-state index in [0.717, 1.165) is 23.7 Å². The molecule has 1 aromatic carbocycles. The third kappa shape index (κ3) is 2.41. The molecule has 0 bridgehead atoms. The first-order valence-corrected chi connectivity index (χ1v) is 14.1. The van der Waals surface area contributed by atoms with Crippen molar-refractivity contribution in [1.82, 2.24) is 0 Å². The van der Waals surface area contributed by atoms with Gasteiger partial charge in [0.1, 0.15) is 0 Å². The van der Waals surface area contributed by atoms with Crippen molar-refractivity contribution in [2.24, 2.45) is 44.8 Å². The Balaban J connectivity index is 1.41. The van der Waals surface area contributed by atoms with Gasteiger partial charge in [-0.2, -0.15) is 0 Å². The van der Waals surface area contributed by atoms with Crippen LogP contribution in [0.25, 0.3) is 0 Å². The summed E-state index contributed by atoms with van der Waals surface area (Å²) in [6.07, 6.45) is 14.6. The third-order valence-electron chi connectivity index (χ3n) is 13.5. The molecule has 0 radical (unpaired) electrons. The van der Waals surface area contributed by atoms with E-state index < -0.39 is 0 Å². The predicted octanol–water partition coefficient (Wildman–Crippen LogP) is 9.10. The van der Waals surface area contributed by atoms with Crippen LogP contribution in [0.3, 0.4) is 0 Å². The van der Waals surface area contributed by atoms with E-state index in [1.165, 1.54) is 64.2 Å². The lowest BCUT2D eigenvalue weighted by atomic mass is 9.32. The fourth-order valence-corrected chi connectivity index (χ4v) is 12.1. The predicted molar refractivity (Wildman–Crippen MR) is 136 cm³/mol. The lowest BCUT2D eigenvalue weighted by Crippen LogP contribution is -2.65. The summed E-state index contributed by atoms with van der Waals surface area (Å²) < 4.78 is 0. The van der Waals surface area contributed by atoms with Crippen LogP contribution in [-0.2, 0) is 6.42 Å². The summed E-state index contributed by atoms with van der Waals surface area (Å²) in [6.45, 7) is 18.7. The molecule has 1 aromatic rings. The second kappa shape index (κ2) is 6.46. The molecule has 0 nitrogen and oxygen atoms in total. The van der Waals surface area contributed by atoms with Gasteiger partial charge < -0.3 is 0 Å². The van der Waals surface area contributed by atoms with Crippen molar-refractivity contribution in [1.29, 1.82) is 0 Å². The van der Waals surface area contributed by atoms with Gasteiger partial charge in [-0.1, -0.05) is 66.2 Å². The molecule has 176 valence electrons. The average molecular weight is 433 g/mol. The largest absolute Gasteiger partial charge is 0.0617 e. The second-order valence-corrected chi connectivity index (χ2v) is 14.9. The highest BCUT2D eigenvalue weighted by molar-refractivity contribution is 5.45. The van der Waals surface area contributed by atoms with Crippen molar-refractivity contribution < 1.29 is 0 Å². The van der Waals surface area contributed by atoms with Crippen molar-refractivity contribution in [3.8, 4) is 0 Å². The van der Waals surface area contributed by atoms with E-state index in [0.29, 0.717) is 27.1 Å². The highest BCUT2D eigenvalue weighted by atomic mass is 14.7. The molecule has 5 aliphatic rings.